The fourth-order valence-corrected chi connectivity index (χ4v) is 6.48. The average Bonchev–Trinajstić information content (AvgIpc) is 3.14. The van der Waals surface area contributed by atoms with E-state index in [0.717, 1.165) is 44.9 Å². The maximum absolute atomic E-state index is 12.7. The summed E-state index contributed by atoms with van der Waals surface area (Å²) in [5.74, 6) is -0.818. The van der Waals surface area contributed by atoms with Crippen molar-refractivity contribution in [3.8, 4) is 0 Å². The Morgan fingerprint density at radius 3 is 1.52 bits per heavy atom. The van der Waals surface area contributed by atoms with Gasteiger partial charge in [-0.25, -0.2) is 0 Å². The van der Waals surface area contributed by atoms with Crippen LogP contribution in [0.15, 0.2) is 12.2 Å². The predicted octanol–water partition coefficient (Wildman–Crippen LogP) is 8.39. The van der Waals surface area contributed by atoms with Gasteiger partial charge in [0.25, 0.3) is 0 Å². The van der Waals surface area contributed by atoms with Crippen molar-refractivity contribution in [3.05, 3.63) is 12.2 Å². The van der Waals surface area contributed by atoms with Crippen LogP contribution in [-0.4, -0.2) is 89.0 Å². The summed E-state index contributed by atoms with van der Waals surface area (Å²) < 4.78 is 22.1. The summed E-state index contributed by atoms with van der Waals surface area (Å²) in [4.78, 5) is 25.2. The molecule has 0 spiro atoms. The SMILES string of the molecule is CCCCCCCCCC/C=C/CCCCCC(=O)OC[C@@H](CO[C@H]1O[C@@H](CO)[C@@H](O)C(O)C1O)OC(=O)CCCCCCCCCCCCCC. The first-order valence-corrected chi connectivity index (χ1v) is 21.3. The Labute approximate surface area is 316 Å². The predicted molar refractivity (Wildman–Crippen MR) is 206 cm³/mol. The van der Waals surface area contributed by atoms with E-state index in [1.807, 2.05) is 0 Å². The lowest BCUT2D eigenvalue weighted by atomic mass is 9.99. The highest BCUT2D eigenvalue weighted by Gasteiger charge is 2.44. The van der Waals surface area contributed by atoms with Crippen LogP contribution in [0.1, 0.15) is 187 Å². The van der Waals surface area contributed by atoms with Crippen molar-refractivity contribution in [1.29, 1.82) is 0 Å². The Kier molecular flexibility index (Phi) is 31.7. The van der Waals surface area contributed by atoms with Gasteiger partial charge in [-0.15, -0.1) is 0 Å². The van der Waals surface area contributed by atoms with E-state index in [-0.39, 0.29) is 32.0 Å². The molecule has 306 valence electrons. The van der Waals surface area contributed by atoms with Crippen molar-refractivity contribution in [2.24, 2.45) is 0 Å². The van der Waals surface area contributed by atoms with Gasteiger partial charge in [0.15, 0.2) is 12.4 Å². The normalized spacial score (nSPS) is 21.1. The van der Waals surface area contributed by atoms with Crippen LogP contribution in [0.25, 0.3) is 0 Å². The molecule has 1 aliphatic heterocycles. The Bertz CT molecular complexity index is 866. The minimum atomic E-state index is -1.59. The molecule has 6 atom stereocenters. The van der Waals surface area contributed by atoms with Crippen molar-refractivity contribution >= 4 is 11.9 Å². The zero-order valence-corrected chi connectivity index (χ0v) is 33.1. The topological polar surface area (TPSA) is 152 Å². The molecule has 1 heterocycles. The van der Waals surface area contributed by atoms with Gasteiger partial charge in [0.1, 0.15) is 31.0 Å². The number of aliphatic hydroxyl groups excluding tert-OH is 4. The molecular weight excluding hydrogens is 664 g/mol. The maximum atomic E-state index is 12.7. The molecule has 10 heteroatoms. The molecule has 0 aromatic heterocycles. The number of unbranched alkanes of at least 4 members (excludes halogenated alkanes) is 22. The quantitative estimate of drug-likeness (QED) is 0.0283. The molecule has 0 amide bonds. The van der Waals surface area contributed by atoms with Gasteiger partial charge in [-0.1, -0.05) is 148 Å². The summed E-state index contributed by atoms with van der Waals surface area (Å²) in [5.41, 5.74) is 0. The molecule has 0 saturated carbocycles. The van der Waals surface area contributed by atoms with Gasteiger partial charge in [0.2, 0.25) is 0 Å². The van der Waals surface area contributed by atoms with Crippen LogP contribution in [-0.2, 0) is 28.5 Å². The van der Waals surface area contributed by atoms with E-state index < -0.39 is 49.4 Å². The minimum Gasteiger partial charge on any atom is -0.462 e. The number of hydrogen-bond acceptors (Lipinski definition) is 10. The summed E-state index contributed by atoms with van der Waals surface area (Å²) >= 11 is 0. The summed E-state index contributed by atoms with van der Waals surface area (Å²) in [6.45, 7) is 3.40. The molecule has 1 rings (SSSR count). The molecule has 0 radical (unpaired) electrons. The molecule has 0 bridgehead atoms. The van der Waals surface area contributed by atoms with Crippen LogP contribution in [0.2, 0.25) is 0 Å². The molecule has 0 aliphatic carbocycles. The number of carbonyl (C=O) groups is 2. The zero-order valence-electron chi connectivity index (χ0n) is 33.1. The van der Waals surface area contributed by atoms with Crippen molar-refractivity contribution in [3.63, 3.8) is 0 Å². The van der Waals surface area contributed by atoms with E-state index in [9.17, 15) is 30.0 Å². The van der Waals surface area contributed by atoms with Crippen LogP contribution in [0.3, 0.4) is 0 Å². The van der Waals surface area contributed by atoms with E-state index in [1.165, 1.54) is 103 Å². The monoisotopic (exact) mass is 743 g/mol. The van der Waals surface area contributed by atoms with Crippen molar-refractivity contribution < 1.29 is 49.0 Å². The van der Waals surface area contributed by atoms with E-state index in [0.29, 0.717) is 12.8 Å². The third kappa shape index (κ3) is 25.5. The fourth-order valence-electron chi connectivity index (χ4n) is 6.48. The fraction of sp³-hybridized carbons (Fsp3) is 0.905. The Morgan fingerprint density at radius 1 is 0.577 bits per heavy atom. The van der Waals surface area contributed by atoms with Crippen LogP contribution >= 0.6 is 0 Å². The number of aliphatic hydroxyl groups is 4. The first-order chi connectivity index (χ1) is 25.3. The highest BCUT2D eigenvalue weighted by Crippen LogP contribution is 2.22. The van der Waals surface area contributed by atoms with Gasteiger partial charge in [0, 0.05) is 12.8 Å². The van der Waals surface area contributed by atoms with Crippen LogP contribution in [0.5, 0.6) is 0 Å². The molecule has 52 heavy (non-hydrogen) atoms. The molecule has 0 aromatic rings. The van der Waals surface area contributed by atoms with Gasteiger partial charge < -0.3 is 39.4 Å². The number of allylic oxidation sites excluding steroid dienone is 2. The van der Waals surface area contributed by atoms with Crippen LogP contribution in [0.4, 0.5) is 0 Å². The molecule has 1 saturated heterocycles. The summed E-state index contributed by atoms with van der Waals surface area (Å²) in [6, 6.07) is 0. The van der Waals surface area contributed by atoms with Gasteiger partial charge in [-0.2, -0.15) is 0 Å². The van der Waals surface area contributed by atoms with E-state index in [2.05, 4.69) is 26.0 Å². The van der Waals surface area contributed by atoms with Gasteiger partial charge in [0.05, 0.1) is 13.2 Å². The summed E-state index contributed by atoms with van der Waals surface area (Å²) in [7, 11) is 0. The molecule has 2 unspecified atom stereocenters. The maximum Gasteiger partial charge on any atom is 0.306 e. The second-order valence-corrected chi connectivity index (χ2v) is 14.8. The lowest BCUT2D eigenvalue weighted by molar-refractivity contribution is -0.305. The zero-order chi connectivity index (χ0) is 38.1. The largest absolute Gasteiger partial charge is 0.462 e. The molecule has 4 N–H and O–H groups in total. The molecule has 0 aromatic carbocycles. The highest BCUT2D eigenvalue weighted by molar-refractivity contribution is 5.70. The molecule has 1 fully saturated rings. The minimum absolute atomic E-state index is 0.220. The number of carbonyl (C=O) groups excluding carboxylic acids is 2. The summed E-state index contributed by atoms with van der Waals surface area (Å²) in [5, 5.41) is 40.0. The number of hydrogen-bond donors (Lipinski definition) is 4. The number of rotatable bonds is 35. The first-order valence-electron chi connectivity index (χ1n) is 21.3. The molecule has 10 nitrogen and oxygen atoms in total. The molecular formula is C42H78O10. The van der Waals surface area contributed by atoms with Gasteiger partial charge >= 0.3 is 11.9 Å². The lowest BCUT2D eigenvalue weighted by Crippen LogP contribution is -2.59. The highest BCUT2D eigenvalue weighted by atomic mass is 16.7. The van der Waals surface area contributed by atoms with Crippen molar-refractivity contribution in [2.45, 2.75) is 224 Å². The smallest absolute Gasteiger partial charge is 0.306 e. The Balaban J connectivity index is 2.36. The third-order valence-corrected chi connectivity index (χ3v) is 9.90. The standard InChI is InChI=1S/C42H78O10/c1-3-5-7-9-11-13-15-17-18-19-21-22-24-26-28-30-37(44)49-33-35(34-50-42-41(48)40(47)39(46)36(32-43)52-42)51-38(45)31-29-27-25-23-20-16-14-12-10-8-6-4-2/h19,21,35-36,39-43,46-48H,3-18,20,22-34H2,1-2H3/b21-19+/t35-,36-,39+,40?,41?,42-/m0/s1. The van der Waals surface area contributed by atoms with E-state index in [4.69, 9.17) is 18.9 Å². The van der Waals surface area contributed by atoms with Crippen molar-refractivity contribution in [2.75, 3.05) is 19.8 Å². The average molecular weight is 743 g/mol. The van der Waals surface area contributed by atoms with E-state index >= 15 is 0 Å². The Hall–Kier alpha value is -1.56. The second-order valence-electron chi connectivity index (χ2n) is 14.8. The van der Waals surface area contributed by atoms with Crippen molar-refractivity contribution in [1.82, 2.24) is 0 Å². The Morgan fingerprint density at radius 2 is 1.02 bits per heavy atom. The second kappa shape index (κ2) is 34.0. The number of esters is 2. The first kappa shape index (κ1) is 48.5. The van der Waals surface area contributed by atoms with E-state index in [1.54, 1.807) is 0 Å². The van der Waals surface area contributed by atoms with Crippen LogP contribution in [0, 0.1) is 0 Å². The lowest BCUT2D eigenvalue weighted by Gasteiger charge is -2.39. The van der Waals surface area contributed by atoms with Gasteiger partial charge in [-0.3, -0.25) is 9.59 Å². The molecule has 1 aliphatic rings. The summed E-state index contributed by atoms with van der Waals surface area (Å²) in [6.07, 6.45) is 26.5. The third-order valence-electron chi connectivity index (χ3n) is 9.90. The van der Waals surface area contributed by atoms with Crippen LogP contribution < -0.4 is 0 Å². The van der Waals surface area contributed by atoms with Gasteiger partial charge in [-0.05, 0) is 38.5 Å². The number of ether oxygens (including phenoxy) is 4.